The number of fused-ring (bicyclic) bond motifs is 1. The van der Waals surface area contributed by atoms with Gasteiger partial charge in [-0.05, 0) is 31.0 Å². The summed E-state index contributed by atoms with van der Waals surface area (Å²) in [6.45, 7) is 5.66. The first-order chi connectivity index (χ1) is 7.31. The number of nitrogens with two attached hydrogens (primary N) is 1. The van der Waals surface area contributed by atoms with Crippen LogP contribution in [-0.2, 0) is 11.2 Å². The molecule has 0 unspecified atom stereocenters. The zero-order chi connectivity index (χ0) is 10.7. The molecule has 1 aliphatic heterocycles. The van der Waals surface area contributed by atoms with Crippen molar-refractivity contribution in [3.05, 3.63) is 23.8 Å². The molecule has 0 fully saturated rings. The fourth-order valence-electron chi connectivity index (χ4n) is 2.01. The molecule has 0 amide bonds. The van der Waals surface area contributed by atoms with Crippen LogP contribution in [0.2, 0.25) is 0 Å². The number of rotatable bonds is 4. The molecule has 0 aliphatic carbocycles. The maximum Gasteiger partial charge on any atom is 0.0641 e. The Bertz CT molecular complexity index is 338. The molecule has 0 atom stereocenters. The Hall–Kier alpha value is -1.22. The Morgan fingerprint density at radius 3 is 3.13 bits per heavy atom. The van der Waals surface area contributed by atoms with E-state index in [0.717, 1.165) is 38.4 Å². The summed E-state index contributed by atoms with van der Waals surface area (Å²) in [5.41, 5.74) is 9.32. The van der Waals surface area contributed by atoms with Crippen LogP contribution in [0.5, 0.6) is 0 Å². The first-order valence-corrected chi connectivity index (χ1v) is 5.52. The monoisotopic (exact) mass is 206 g/mol. The van der Waals surface area contributed by atoms with Gasteiger partial charge < -0.3 is 15.4 Å². The minimum absolute atomic E-state index is 0.789. The third kappa shape index (κ3) is 2.23. The minimum Gasteiger partial charge on any atom is -0.399 e. The van der Waals surface area contributed by atoms with Crippen molar-refractivity contribution in [1.82, 2.24) is 0 Å². The average Bonchev–Trinajstić information content (AvgIpc) is 2.62. The van der Waals surface area contributed by atoms with Crippen molar-refractivity contribution in [3.8, 4) is 0 Å². The second kappa shape index (κ2) is 4.53. The summed E-state index contributed by atoms with van der Waals surface area (Å²) in [4.78, 5) is 2.35. The molecule has 3 nitrogen and oxygen atoms in total. The third-order valence-electron chi connectivity index (χ3n) is 2.81. The molecule has 1 aliphatic rings. The van der Waals surface area contributed by atoms with Crippen LogP contribution >= 0.6 is 0 Å². The summed E-state index contributed by atoms with van der Waals surface area (Å²) >= 11 is 0. The minimum atomic E-state index is 0.789. The van der Waals surface area contributed by atoms with Crippen molar-refractivity contribution in [2.24, 2.45) is 0 Å². The number of hydrogen-bond donors (Lipinski definition) is 1. The van der Waals surface area contributed by atoms with Crippen molar-refractivity contribution in [2.75, 3.05) is 36.9 Å². The highest BCUT2D eigenvalue weighted by Gasteiger charge is 2.18. The molecule has 82 valence electrons. The smallest absolute Gasteiger partial charge is 0.0641 e. The van der Waals surface area contributed by atoms with Crippen LogP contribution in [0.15, 0.2) is 18.2 Å². The standard InChI is InChI=1S/C12H18N2O/c1-2-15-8-7-14-6-5-10-3-4-11(13)9-12(10)14/h3-4,9H,2,5-8,13H2,1H3. The maximum absolute atomic E-state index is 5.79. The molecule has 0 radical (unpaired) electrons. The lowest BCUT2D eigenvalue weighted by molar-refractivity contribution is 0.154. The van der Waals surface area contributed by atoms with Crippen LogP contribution in [-0.4, -0.2) is 26.3 Å². The van der Waals surface area contributed by atoms with Gasteiger partial charge in [0.2, 0.25) is 0 Å². The van der Waals surface area contributed by atoms with Gasteiger partial charge >= 0.3 is 0 Å². The van der Waals surface area contributed by atoms with Crippen LogP contribution in [0.1, 0.15) is 12.5 Å². The van der Waals surface area contributed by atoms with Crippen molar-refractivity contribution >= 4 is 11.4 Å². The van der Waals surface area contributed by atoms with Gasteiger partial charge in [0, 0.05) is 31.1 Å². The summed E-state index contributed by atoms with van der Waals surface area (Å²) < 4.78 is 5.37. The lowest BCUT2D eigenvalue weighted by Gasteiger charge is -2.19. The topological polar surface area (TPSA) is 38.5 Å². The van der Waals surface area contributed by atoms with Crippen LogP contribution < -0.4 is 10.6 Å². The molecule has 0 saturated carbocycles. The van der Waals surface area contributed by atoms with E-state index in [4.69, 9.17) is 10.5 Å². The fourth-order valence-corrected chi connectivity index (χ4v) is 2.01. The second-order valence-corrected chi connectivity index (χ2v) is 3.82. The van der Waals surface area contributed by atoms with Gasteiger partial charge in [-0.25, -0.2) is 0 Å². The van der Waals surface area contributed by atoms with Gasteiger partial charge in [-0.3, -0.25) is 0 Å². The van der Waals surface area contributed by atoms with Crippen LogP contribution in [0, 0.1) is 0 Å². The van der Waals surface area contributed by atoms with Crippen molar-refractivity contribution < 1.29 is 4.74 Å². The van der Waals surface area contributed by atoms with Gasteiger partial charge in [0.05, 0.1) is 6.61 Å². The largest absolute Gasteiger partial charge is 0.399 e. The molecular formula is C12H18N2O. The Labute approximate surface area is 90.8 Å². The fraction of sp³-hybridized carbons (Fsp3) is 0.500. The molecule has 3 heteroatoms. The van der Waals surface area contributed by atoms with E-state index in [1.807, 2.05) is 13.0 Å². The number of ether oxygens (including phenoxy) is 1. The molecule has 1 aromatic rings. The van der Waals surface area contributed by atoms with E-state index in [1.165, 1.54) is 11.3 Å². The number of hydrogen-bond acceptors (Lipinski definition) is 3. The Morgan fingerprint density at radius 1 is 1.47 bits per heavy atom. The molecule has 0 saturated heterocycles. The van der Waals surface area contributed by atoms with Gasteiger partial charge in [-0.15, -0.1) is 0 Å². The van der Waals surface area contributed by atoms with E-state index in [0.29, 0.717) is 0 Å². The molecule has 15 heavy (non-hydrogen) atoms. The van der Waals surface area contributed by atoms with Crippen molar-refractivity contribution in [3.63, 3.8) is 0 Å². The molecule has 0 aromatic heterocycles. The third-order valence-corrected chi connectivity index (χ3v) is 2.81. The molecule has 0 spiro atoms. The molecule has 2 N–H and O–H groups in total. The Balaban J connectivity index is 2.03. The van der Waals surface area contributed by atoms with Gasteiger partial charge in [-0.2, -0.15) is 0 Å². The van der Waals surface area contributed by atoms with Gasteiger partial charge in [0.1, 0.15) is 0 Å². The normalized spacial score (nSPS) is 14.3. The van der Waals surface area contributed by atoms with Crippen molar-refractivity contribution in [2.45, 2.75) is 13.3 Å². The van der Waals surface area contributed by atoms with Crippen LogP contribution in [0.3, 0.4) is 0 Å². The Kier molecular flexibility index (Phi) is 3.11. The highest BCUT2D eigenvalue weighted by molar-refractivity contribution is 5.64. The first-order valence-electron chi connectivity index (χ1n) is 5.52. The van der Waals surface area contributed by atoms with E-state index >= 15 is 0 Å². The summed E-state index contributed by atoms with van der Waals surface area (Å²) in [5.74, 6) is 0. The van der Waals surface area contributed by atoms with Gasteiger partial charge in [0.25, 0.3) is 0 Å². The predicted molar refractivity (Wildman–Crippen MR) is 63.3 cm³/mol. The van der Waals surface area contributed by atoms with Gasteiger partial charge in [-0.1, -0.05) is 6.07 Å². The maximum atomic E-state index is 5.79. The van der Waals surface area contributed by atoms with Crippen molar-refractivity contribution in [1.29, 1.82) is 0 Å². The van der Waals surface area contributed by atoms with E-state index < -0.39 is 0 Å². The Morgan fingerprint density at radius 2 is 2.33 bits per heavy atom. The molecule has 1 heterocycles. The summed E-state index contributed by atoms with van der Waals surface area (Å²) in [5, 5.41) is 0. The predicted octanol–water partition coefficient (Wildman–Crippen LogP) is 1.67. The average molecular weight is 206 g/mol. The number of benzene rings is 1. The molecule has 1 aromatic carbocycles. The zero-order valence-electron chi connectivity index (χ0n) is 9.20. The van der Waals surface area contributed by atoms with Crippen LogP contribution in [0.4, 0.5) is 11.4 Å². The summed E-state index contributed by atoms with van der Waals surface area (Å²) in [6.07, 6.45) is 1.13. The summed E-state index contributed by atoms with van der Waals surface area (Å²) in [7, 11) is 0. The highest BCUT2D eigenvalue weighted by atomic mass is 16.5. The zero-order valence-corrected chi connectivity index (χ0v) is 9.20. The lowest BCUT2D eigenvalue weighted by Crippen LogP contribution is -2.25. The number of nitrogens with zero attached hydrogens (tertiary/aromatic N) is 1. The lowest BCUT2D eigenvalue weighted by atomic mass is 10.1. The van der Waals surface area contributed by atoms with E-state index in [2.05, 4.69) is 17.0 Å². The highest BCUT2D eigenvalue weighted by Crippen LogP contribution is 2.29. The van der Waals surface area contributed by atoms with E-state index in [9.17, 15) is 0 Å². The quantitative estimate of drug-likeness (QED) is 0.601. The van der Waals surface area contributed by atoms with Crippen LogP contribution in [0.25, 0.3) is 0 Å². The molecule has 0 bridgehead atoms. The first kappa shape index (κ1) is 10.3. The number of nitrogen functional groups attached to an aromatic ring is 1. The second-order valence-electron chi connectivity index (χ2n) is 3.82. The van der Waals surface area contributed by atoms with E-state index in [-0.39, 0.29) is 0 Å². The molecular weight excluding hydrogens is 188 g/mol. The molecule has 2 rings (SSSR count). The SMILES string of the molecule is CCOCCN1CCc2ccc(N)cc21. The summed E-state index contributed by atoms with van der Waals surface area (Å²) in [6, 6.07) is 6.17. The van der Waals surface area contributed by atoms with E-state index in [1.54, 1.807) is 0 Å². The van der Waals surface area contributed by atoms with Gasteiger partial charge in [0.15, 0.2) is 0 Å². The number of anilines is 2.